The Balaban J connectivity index is 3.70. The van der Waals surface area contributed by atoms with Gasteiger partial charge in [0.2, 0.25) is 0 Å². The van der Waals surface area contributed by atoms with E-state index in [2.05, 4.69) is 13.8 Å². The largest absolute Gasteiger partial charge is 0.412 e. The van der Waals surface area contributed by atoms with Crippen LogP contribution in [0.25, 0.3) is 0 Å². The Hall–Kier alpha value is -1.06. The second kappa shape index (κ2) is 33.4. The summed E-state index contributed by atoms with van der Waals surface area (Å²) >= 11 is 0. The fourth-order valence-corrected chi connectivity index (χ4v) is 6.09. The third kappa shape index (κ3) is 31.7. The molecule has 0 heterocycles. The molecule has 0 aromatic heterocycles. The lowest BCUT2D eigenvalue weighted by Crippen LogP contribution is -2.25. The minimum Gasteiger partial charge on any atom is -0.376 e. The van der Waals surface area contributed by atoms with Crippen LogP contribution in [0, 0.1) is 5.92 Å². The highest BCUT2D eigenvalue weighted by molar-refractivity contribution is 5.84. The smallest absolute Gasteiger partial charge is 0.376 e. The molecule has 0 saturated heterocycles. The number of nitrogens with two attached hydrogens (primary N) is 1. The van der Waals surface area contributed by atoms with E-state index in [0.717, 1.165) is 38.5 Å². The van der Waals surface area contributed by atoms with Gasteiger partial charge in [0.15, 0.2) is 0 Å². The van der Waals surface area contributed by atoms with Crippen molar-refractivity contribution in [2.45, 2.75) is 219 Å². The van der Waals surface area contributed by atoms with Crippen LogP contribution in [0.4, 0.5) is 4.79 Å². The highest BCUT2D eigenvalue weighted by Gasteiger charge is 2.21. The first-order valence-corrected chi connectivity index (χ1v) is 18.6. The molecule has 0 aliphatic rings. The molecule has 0 aliphatic carbocycles. The topological polar surface area (TPSA) is 69.4 Å². The minimum atomic E-state index is -0.965. The van der Waals surface area contributed by atoms with Gasteiger partial charge in [-0.2, -0.15) is 0 Å². The van der Waals surface area contributed by atoms with E-state index >= 15 is 0 Å². The van der Waals surface area contributed by atoms with Gasteiger partial charge in [0.1, 0.15) is 0 Å². The first-order chi connectivity index (χ1) is 20.1. The van der Waals surface area contributed by atoms with Crippen molar-refractivity contribution in [2.24, 2.45) is 11.7 Å². The van der Waals surface area contributed by atoms with Crippen LogP contribution >= 0.6 is 0 Å². The SMILES string of the molecule is CCCCCCCCCCCCCCCCCCC(CCCCCCCCCCCCCCCC)C(=O)OC(N)=O. The monoisotopic (exact) mass is 580 g/mol. The van der Waals surface area contributed by atoms with E-state index in [1.165, 1.54) is 167 Å². The Morgan fingerprint density at radius 1 is 0.415 bits per heavy atom. The maximum atomic E-state index is 12.4. The molecule has 0 rings (SSSR count). The Kier molecular flexibility index (Phi) is 32.6. The van der Waals surface area contributed by atoms with Gasteiger partial charge < -0.3 is 10.5 Å². The molecule has 4 nitrogen and oxygen atoms in total. The van der Waals surface area contributed by atoms with E-state index in [1.807, 2.05) is 0 Å². The van der Waals surface area contributed by atoms with Crippen LogP contribution in [0.5, 0.6) is 0 Å². The molecule has 0 aromatic carbocycles. The molecule has 2 N–H and O–H groups in total. The van der Waals surface area contributed by atoms with Crippen LogP contribution in [0.15, 0.2) is 0 Å². The molecule has 1 amide bonds. The molecule has 0 fully saturated rings. The maximum absolute atomic E-state index is 12.4. The number of ether oxygens (including phenoxy) is 1. The minimum absolute atomic E-state index is 0.175. The van der Waals surface area contributed by atoms with Crippen molar-refractivity contribution in [1.29, 1.82) is 0 Å². The number of carbonyl (C=O) groups is 2. The van der Waals surface area contributed by atoms with Gasteiger partial charge in [-0.15, -0.1) is 0 Å². The van der Waals surface area contributed by atoms with Gasteiger partial charge in [-0.1, -0.05) is 206 Å². The van der Waals surface area contributed by atoms with Crippen LogP contribution in [0.2, 0.25) is 0 Å². The van der Waals surface area contributed by atoms with Crippen molar-refractivity contribution in [1.82, 2.24) is 0 Å². The van der Waals surface area contributed by atoms with Crippen LogP contribution in [-0.2, 0) is 9.53 Å². The van der Waals surface area contributed by atoms with Crippen molar-refractivity contribution < 1.29 is 14.3 Å². The predicted molar refractivity (Wildman–Crippen MR) is 178 cm³/mol. The van der Waals surface area contributed by atoms with Gasteiger partial charge in [0.05, 0.1) is 5.92 Å². The summed E-state index contributed by atoms with van der Waals surface area (Å²) < 4.78 is 4.76. The zero-order valence-electron chi connectivity index (χ0n) is 28.0. The Labute approximate surface area is 257 Å². The first-order valence-electron chi connectivity index (χ1n) is 18.6. The lowest BCUT2D eigenvalue weighted by molar-refractivity contribution is -0.142. The third-order valence-electron chi connectivity index (χ3n) is 8.85. The molecule has 4 heteroatoms. The molecule has 0 aromatic rings. The summed E-state index contributed by atoms with van der Waals surface area (Å²) in [5.74, 6) is -0.584. The van der Waals surface area contributed by atoms with Gasteiger partial charge in [-0.05, 0) is 12.8 Å². The number of primary amides is 1. The van der Waals surface area contributed by atoms with Gasteiger partial charge in [0, 0.05) is 0 Å². The lowest BCUT2D eigenvalue weighted by Gasteiger charge is -2.14. The zero-order valence-corrected chi connectivity index (χ0v) is 28.0. The summed E-state index contributed by atoms with van der Waals surface area (Å²) in [4.78, 5) is 23.5. The van der Waals surface area contributed by atoms with Crippen molar-refractivity contribution in [3.63, 3.8) is 0 Å². The van der Waals surface area contributed by atoms with E-state index in [0.29, 0.717) is 0 Å². The molecule has 0 bridgehead atoms. The number of carbonyl (C=O) groups excluding carboxylic acids is 2. The average molecular weight is 580 g/mol. The van der Waals surface area contributed by atoms with E-state index in [4.69, 9.17) is 10.5 Å². The lowest BCUT2D eigenvalue weighted by atomic mass is 9.94. The van der Waals surface area contributed by atoms with Crippen LogP contribution < -0.4 is 5.73 Å². The van der Waals surface area contributed by atoms with E-state index in [9.17, 15) is 9.59 Å². The maximum Gasteiger partial charge on any atom is 0.412 e. The number of unbranched alkanes of at least 4 members (excludes halogenated alkanes) is 28. The molecule has 41 heavy (non-hydrogen) atoms. The quantitative estimate of drug-likeness (QED) is 0.0477. The molecule has 244 valence electrons. The molecule has 0 radical (unpaired) electrons. The summed E-state index contributed by atoms with van der Waals surface area (Å²) in [5.41, 5.74) is 5.12. The summed E-state index contributed by atoms with van der Waals surface area (Å²) in [7, 11) is 0. The molecule has 0 aliphatic heterocycles. The van der Waals surface area contributed by atoms with Gasteiger partial charge in [-0.25, -0.2) is 4.79 Å². The van der Waals surface area contributed by atoms with Crippen molar-refractivity contribution >= 4 is 12.1 Å². The average Bonchev–Trinajstić information content (AvgIpc) is 2.95. The molecular weight excluding hydrogens is 506 g/mol. The fraction of sp³-hybridized carbons (Fsp3) is 0.946. The molecule has 1 atom stereocenters. The summed E-state index contributed by atoms with van der Waals surface area (Å²) in [5, 5.41) is 0. The predicted octanol–water partition coefficient (Wildman–Crippen LogP) is 12.7. The second-order valence-electron chi connectivity index (χ2n) is 12.9. The van der Waals surface area contributed by atoms with E-state index in [-0.39, 0.29) is 5.92 Å². The number of amides is 1. The second-order valence-corrected chi connectivity index (χ2v) is 12.9. The first kappa shape index (κ1) is 39.9. The van der Waals surface area contributed by atoms with Crippen LogP contribution in [-0.4, -0.2) is 12.1 Å². The molecule has 1 unspecified atom stereocenters. The van der Waals surface area contributed by atoms with E-state index in [1.54, 1.807) is 0 Å². The van der Waals surface area contributed by atoms with Crippen LogP contribution in [0.3, 0.4) is 0 Å². The zero-order chi connectivity index (χ0) is 30.1. The van der Waals surface area contributed by atoms with Crippen molar-refractivity contribution in [3.8, 4) is 0 Å². The summed E-state index contributed by atoms with van der Waals surface area (Å²) in [6, 6.07) is 0. The fourth-order valence-electron chi connectivity index (χ4n) is 6.09. The molecular formula is C37H73NO3. The summed E-state index contributed by atoms with van der Waals surface area (Å²) in [6.07, 6.45) is 40.8. The van der Waals surface area contributed by atoms with Crippen molar-refractivity contribution in [3.05, 3.63) is 0 Å². The summed E-state index contributed by atoms with van der Waals surface area (Å²) in [6.45, 7) is 4.56. The van der Waals surface area contributed by atoms with Crippen molar-refractivity contribution in [2.75, 3.05) is 0 Å². The van der Waals surface area contributed by atoms with Gasteiger partial charge in [-0.3, -0.25) is 4.79 Å². The number of rotatable bonds is 33. The molecule has 0 saturated carbocycles. The Bertz CT molecular complexity index is 550. The molecule has 0 spiro atoms. The van der Waals surface area contributed by atoms with Crippen LogP contribution in [0.1, 0.15) is 219 Å². The van der Waals surface area contributed by atoms with Gasteiger partial charge in [0.25, 0.3) is 0 Å². The Morgan fingerprint density at radius 2 is 0.634 bits per heavy atom. The highest BCUT2D eigenvalue weighted by Crippen LogP contribution is 2.21. The third-order valence-corrected chi connectivity index (χ3v) is 8.85. The van der Waals surface area contributed by atoms with Gasteiger partial charge >= 0.3 is 12.1 Å². The standard InChI is InChI=1S/C37H73NO3/c1-3-5-7-9-11-13-15-17-19-20-22-24-26-28-30-32-34-35(36(39)41-37(38)40)33-31-29-27-25-23-21-18-16-14-12-10-8-6-4-2/h35H,3-34H2,1-2H3,(H2,38,40). The Morgan fingerprint density at radius 3 is 0.854 bits per heavy atom. The normalized spacial score (nSPS) is 12.0. The highest BCUT2D eigenvalue weighted by atomic mass is 16.6. The number of esters is 1. The number of hydrogen-bond donors (Lipinski definition) is 1. The number of hydrogen-bond acceptors (Lipinski definition) is 3. The van der Waals surface area contributed by atoms with E-state index < -0.39 is 12.1 Å².